The minimum Gasteiger partial charge on any atom is -0.489 e. The lowest BCUT2D eigenvalue weighted by molar-refractivity contribution is 0.0919. The lowest BCUT2D eigenvalue weighted by Gasteiger charge is -2.34. The number of anilines is 1. The number of rotatable bonds is 3. The maximum atomic E-state index is 5.90. The van der Waals surface area contributed by atoms with Crippen molar-refractivity contribution >= 4 is 5.82 Å². The van der Waals surface area contributed by atoms with E-state index < -0.39 is 0 Å². The lowest BCUT2D eigenvalue weighted by Crippen LogP contribution is -2.28. The Morgan fingerprint density at radius 1 is 1.28 bits per heavy atom. The Balaban J connectivity index is 2.04. The van der Waals surface area contributed by atoms with Gasteiger partial charge in [-0.2, -0.15) is 4.98 Å². The van der Waals surface area contributed by atoms with Gasteiger partial charge in [0.15, 0.2) is 5.82 Å². The minimum absolute atomic E-state index is 0.196. The first-order chi connectivity index (χ1) is 8.52. The van der Waals surface area contributed by atoms with Gasteiger partial charge < -0.3 is 15.2 Å². The third-order valence-electron chi connectivity index (χ3n) is 3.57. The highest BCUT2D eigenvalue weighted by molar-refractivity contribution is 5.51. The van der Waals surface area contributed by atoms with Crippen LogP contribution in [0, 0.1) is 5.41 Å². The van der Waals surface area contributed by atoms with Crippen molar-refractivity contribution in [2.24, 2.45) is 5.41 Å². The normalized spacial score (nSPS) is 19.5. The zero-order valence-corrected chi connectivity index (χ0v) is 11.3. The highest BCUT2D eigenvalue weighted by Gasteiger charge is 2.28. The smallest absolute Gasteiger partial charge is 0.262 e. The molecule has 18 heavy (non-hydrogen) atoms. The highest BCUT2D eigenvalue weighted by Crippen LogP contribution is 2.38. The zero-order valence-electron chi connectivity index (χ0n) is 11.3. The molecule has 0 bridgehead atoms. The van der Waals surface area contributed by atoms with E-state index in [1.165, 1.54) is 19.2 Å². The molecule has 2 N–H and O–H groups in total. The monoisotopic (exact) mass is 251 g/mol. The van der Waals surface area contributed by atoms with E-state index in [0.29, 0.717) is 22.9 Å². The Morgan fingerprint density at radius 2 is 1.94 bits per heavy atom. The second kappa shape index (κ2) is 5.00. The number of methoxy groups -OCH3 is 1. The summed E-state index contributed by atoms with van der Waals surface area (Å²) in [7, 11) is 1.55. The molecule has 0 unspecified atom stereocenters. The van der Waals surface area contributed by atoms with E-state index in [0.717, 1.165) is 12.8 Å². The molecule has 0 radical (unpaired) electrons. The molecular formula is C13H21N3O2. The van der Waals surface area contributed by atoms with E-state index >= 15 is 0 Å². The number of nitrogens with two attached hydrogens (primary N) is 1. The minimum atomic E-state index is 0.196. The predicted octanol–water partition coefficient (Wildman–Crippen LogP) is 2.42. The van der Waals surface area contributed by atoms with Crippen molar-refractivity contribution in [3.63, 3.8) is 0 Å². The van der Waals surface area contributed by atoms with E-state index in [1.807, 2.05) is 0 Å². The number of nitrogens with zero attached hydrogens (tertiary/aromatic N) is 2. The van der Waals surface area contributed by atoms with Gasteiger partial charge in [0.1, 0.15) is 12.4 Å². The van der Waals surface area contributed by atoms with Gasteiger partial charge in [-0.3, -0.25) is 0 Å². The Bertz CT molecular complexity index is 411. The average molecular weight is 251 g/mol. The third kappa shape index (κ3) is 2.83. The van der Waals surface area contributed by atoms with Gasteiger partial charge in [-0.1, -0.05) is 13.8 Å². The second-order valence-electron chi connectivity index (χ2n) is 5.58. The van der Waals surface area contributed by atoms with E-state index in [-0.39, 0.29) is 6.10 Å². The number of hydrogen-bond acceptors (Lipinski definition) is 5. The van der Waals surface area contributed by atoms with Gasteiger partial charge in [0.05, 0.1) is 7.11 Å². The quantitative estimate of drug-likeness (QED) is 0.893. The summed E-state index contributed by atoms with van der Waals surface area (Å²) < 4.78 is 11.1. The van der Waals surface area contributed by atoms with E-state index in [9.17, 15) is 0 Å². The van der Waals surface area contributed by atoms with Crippen LogP contribution in [0.4, 0.5) is 5.82 Å². The molecule has 5 nitrogen and oxygen atoms in total. The van der Waals surface area contributed by atoms with Crippen LogP contribution in [0.1, 0.15) is 39.5 Å². The number of ether oxygens (including phenoxy) is 2. The summed E-state index contributed by atoms with van der Waals surface area (Å²) >= 11 is 0. The van der Waals surface area contributed by atoms with Gasteiger partial charge in [0.2, 0.25) is 5.75 Å². The zero-order chi connectivity index (χ0) is 13.2. The molecule has 1 aromatic rings. The summed E-state index contributed by atoms with van der Waals surface area (Å²) in [5, 5.41) is 0. The molecular weight excluding hydrogens is 230 g/mol. The predicted molar refractivity (Wildman–Crippen MR) is 69.7 cm³/mol. The van der Waals surface area contributed by atoms with Crippen molar-refractivity contribution in [1.29, 1.82) is 0 Å². The molecule has 1 saturated carbocycles. The fraction of sp³-hybridized carbons (Fsp3) is 0.692. The molecule has 0 aromatic carbocycles. The maximum absolute atomic E-state index is 5.90. The number of nitrogen functional groups attached to an aromatic ring is 1. The standard InChI is InChI=1S/C13H21N3O2/c1-13(2)6-4-9(5-7-13)18-12-10(17-3)11(14)15-8-16-12/h8-9H,4-7H2,1-3H3,(H2,14,15,16). The molecule has 0 amide bonds. The molecule has 1 aliphatic carbocycles. The van der Waals surface area contributed by atoms with E-state index in [4.69, 9.17) is 15.2 Å². The molecule has 0 spiro atoms. The topological polar surface area (TPSA) is 70.3 Å². The number of hydrogen-bond donors (Lipinski definition) is 1. The molecule has 1 aliphatic rings. The van der Waals surface area contributed by atoms with Gasteiger partial charge in [-0.15, -0.1) is 0 Å². The highest BCUT2D eigenvalue weighted by atomic mass is 16.5. The van der Waals surface area contributed by atoms with Crippen LogP contribution >= 0.6 is 0 Å². The first kappa shape index (κ1) is 12.9. The molecule has 2 rings (SSSR count). The summed E-state index contributed by atoms with van der Waals surface area (Å²) in [4.78, 5) is 7.99. The molecule has 0 saturated heterocycles. The van der Waals surface area contributed by atoms with Gasteiger partial charge in [0.25, 0.3) is 5.88 Å². The molecule has 0 aliphatic heterocycles. The Kier molecular flexibility index (Phi) is 3.59. The summed E-state index contributed by atoms with van der Waals surface area (Å²) in [6, 6.07) is 0. The van der Waals surface area contributed by atoms with Crippen LogP contribution in [0.2, 0.25) is 0 Å². The van der Waals surface area contributed by atoms with Crippen LogP contribution in [0.5, 0.6) is 11.6 Å². The lowest BCUT2D eigenvalue weighted by atomic mass is 9.76. The van der Waals surface area contributed by atoms with Crippen LogP contribution in [-0.4, -0.2) is 23.2 Å². The van der Waals surface area contributed by atoms with Crippen molar-refractivity contribution < 1.29 is 9.47 Å². The number of aromatic nitrogens is 2. The van der Waals surface area contributed by atoms with Gasteiger partial charge in [-0.05, 0) is 31.1 Å². The Morgan fingerprint density at radius 3 is 2.56 bits per heavy atom. The fourth-order valence-corrected chi connectivity index (χ4v) is 2.29. The van der Waals surface area contributed by atoms with E-state index in [1.54, 1.807) is 7.11 Å². The van der Waals surface area contributed by atoms with Crippen molar-refractivity contribution in [1.82, 2.24) is 9.97 Å². The van der Waals surface area contributed by atoms with Gasteiger partial charge in [-0.25, -0.2) is 4.98 Å². The van der Waals surface area contributed by atoms with Crippen LogP contribution in [0.3, 0.4) is 0 Å². The van der Waals surface area contributed by atoms with Crippen molar-refractivity contribution in [2.75, 3.05) is 12.8 Å². The van der Waals surface area contributed by atoms with Crippen molar-refractivity contribution in [3.8, 4) is 11.6 Å². The second-order valence-corrected chi connectivity index (χ2v) is 5.58. The molecule has 0 atom stereocenters. The van der Waals surface area contributed by atoms with E-state index in [2.05, 4.69) is 23.8 Å². The van der Waals surface area contributed by atoms with Crippen molar-refractivity contribution in [2.45, 2.75) is 45.6 Å². The average Bonchev–Trinajstić information content (AvgIpc) is 2.32. The first-order valence-electron chi connectivity index (χ1n) is 6.33. The van der Waals surface area contributed by atoms with Crippen LogP contribution in [0.15, 0.2) is 6.33 Å². The molecule has 100 valence electrons. The fourth-order valence-electron chi connectivity index (χ4n) is 2.29. The van der Waals surface area contributed by atoms with Crippen molar-refractivity contribution in [3.05, 3.63) is 6.33 Å². The molecule has 1 aromatic heterocycles. The Hall–Kier alpha value is -1.52. The summed E-state index contributed by atoms with van der Waals surface area (Å²) in [6.07, 6.45) is 6.02. The van der Waals surface area contributed by atoms with Crippen LogP contribution < -0.4 is 15.2 Å². The third-order valence-corrected chi connectivity index (χ3v) is 3.57. The molecule has 1 fully saturated rings. The first-order valence-corrected chi connectivity index (χ1v) is 6.33. The van der Waals surface area contributed by atoms with Crippen LogP contribution in [-0.2, 0) is 0 Å². The van der Waals surface area contributed by atoms with Crippen LogP contribution in [0.25, 0.3) is 0 Å². The molecule has 1 heterocycles. The SMILES string of the molecule is COc1c(N)ncnc1OC1CCC(C)(C)CC1. The van der Waals surface area contributed by atoms with Gasteiger partial charge >= 0.3 is 0 Å². The van der Waals surface area contributed by atoms with Gasteiger partial charge in [0, 0.05) is 0 Å². The molecule has 5 heteroatoms. The maximum Gasteiger partial charge on any atom is 0.262 e. The summed E-state index contributed by atoms with van der Waals surface area (Å²) in [6.45, 7) is 4.60. The largest absolute Gasteiger partial charge is 0.489 e. The summed E-state index contributed by atoms with van der Waals surface area (Å²) in [5.41, 5.74) is 6.15. The summed E-state index contributed by atoms with van der Waals surface area (Å²) in [5.74, 6) is 1.20. The Labute approximate surface area is 108 Å².